The Bertz CT molecular complexity index is 636. The number of fused-ring (bicyclic) bond motifs is 4. The maximum absolute atomic E-state index is 4.83. The molecule has 1 aliphatic carbocycles. The van der Waals surface area contributed by atoms with E-state index in [0.29, 0.717) is 6.04 Å². The second-order valence-corrected chi connectivity index (χ2v) is 5.67. The van der Waals surface area contributed by atoms with Crippen LogP contribution in [0.15, 0.2) is 30.5 Å². The first kappa shape index (κ1) is 11.0. The average Bonchev–Trinajstić information content (AvgIpc) is 2.81. The van der Waals surface area contributed by atoms with Crippen molar-refractivity contribution in [2.45, 2.75) is 38.1 Å². The molecule has 0 saturated heterocycles. The highest BCUT2D eigenvalue weighted by Crippen LogP contribution is 2.43. The zero-order valence-electron chi connectivity index (χ0n) is 11.1. The van der Waals surface area contributed by atoms with E-state index in [0.717, 1.165) is 28.7 Å². The van der Waals surface area contributed by atoms with Crippen LogP contribution in [-0.4, -0.2) is 16.0 Å². The zero-order valence-corrected chi connectivity index (χ0v) is 11.1. The molecule has 1 N–H and O–H groups in total. The van der Waals surface area contributed by atoms with Gasteiger partial charge in [0.15, 0.2) is 0 Å². The predicted octanol–water partition coefficient (Wildman–Crippen LogP) is 3.51. The third-order valence-corrected chi connectivity index (χ3v) is 4.33. The molecule has 3 nitrogen and oxygen atoms in total. The second-order valence-electron chi connectivity index (χ2n) is 5.67. The predicted molar refractivity (Wildman–Crippen MR) is 76.2 cm³/mol. The molecule has 0 radical (unpaired) electrons. The second kappa shape index (κ2) is 4.05. The maximum atomic E-state index is 4.83. The molecule has 2 bridgehead atoms. The molecule has 2 unspecified atom stereocenters. The molecular formula is C16H17N3. The number of nitrogens with one attached hydrogen (secondary N) is 1. The molecule has 0 spiro atoms. The summed E-state index contributed by atoms with van der Waals surface area (Å²) < 4.78 is 0. The van der Waals surface area contributed by atoms with Gasteiger partial charge in [-0.2, -0.15) is 0 Å². The largest absolute Gasteiger partial charge is 0.367 e. The van der Waals surface area contributed by atoms with Crippen molar-refractivity contribution in [3.63, 3.8) is 0 Å². The standard InChI is InChI=1S/C16H17N3/c1-10-8-12(6-7-17-10)15-5-4-14-11-2-3-13(9-11)18-16(14)19-15/h4-8,11,13H,2-3,9H2,1H3,(H,18,19). The quantitative estimate of drug-likeness (QED) is 0.842. The SMILES string of the molecule is Cc1cc(-c2ccc3c(n2)NC2CCC3C2)ccn1. The summed E-state index contributed by atoms with van der Waals surface area (Å²) in [5.41, 5.74) is 4.63. The summed E-state index contributed by atoms with van der Waals surface area (Å²) in [7, 11) is 0. The summed E-state index contributed by atoms with van der Waals surface area (Å²) in [4.78, 5) is 9.07. The van der Waals surface area contributed by atoms with E-state index in [-0.39, 0.29) is 0 Å². The number of nitrogens with zero attached hydrogens (tertiary/aromatic N) is 2. The molecule has 2 atom stereocenters. The first-order chi connectivity index (χ1) is 9.29. The summed E-state index contributed by atoms with van der Waals surface area (Å²) in [5, 5.41) is 3.59. The normalized spacial score (nSPS) is 23.8. The van der Waals surface area contributed by atoms with Crippen molar-refractivity contribution in [2.24, 2.45) is 0 Å². The minimum absolute atomic E-state index is 0.638. The van der Waals surface area contributed by atoms with E-state index in [2.05, 4.69) is 28.5 Å². The van der Waals surface area contributed by atoms with Crippen LogP contribution in [0.4, 0.5) is 5.82 Å². The smallest absolute Gasteiger partial charge is 0.130 e. The highest BCUT2D eigenvalue weighted by molar-refractivity contribution is 5.64. The molecule has 2 aliphatic rings. The number of aryl methyl sites for hydroxylation is 1. The molecule has 0 aromatic carbocycles. The molecular weight excluding hydrogens is 234 g/mol. The fourth-order valence-corrected chi connectivity index (χ4v) is 3.37. The highest BCUT2D eigenvalue weighted by atomic mass is 15.0. The molecule has 19 heavy (non-hydrogen) atoms. The van der Waals surface area contributed by atoms with Crippen LogP contribution in [-0.2, 0) is 0 Å². The van der Waals surface area contributed by atoms with Crippen LogP contribution in [0.1, 0.15) is 36.4 Å². The van der Waals surface area contributed by atoms with Gasteiger partial charge in [-0.05, 0) is 55.9 Å². The Morgan fingerprint density at radius 1 is 1.21 bits per heavy atom. The van der Waals surface area contributed by atoms with Gasteiger partial charge in [0.2, 0.25) is 0 Å². The monoisotopic (exact) mass is 251 g/mol. The molecule has 1 aliphatic heterocycles. The lowest BCUT2D eigenvalue weighted by Crippen LogP contribution is -2.21. The molecule has 1 saturated carbocycles. The highest BCUT2D eigenvalue weighted by Gasteiger charge is 2.33. The number of hydrogen-bond donors (Lipinski definition) is 1. The van der Waals surface area contributed by atoms with Crippen molar-refractivity contribution in [2.75, 3.05) is 5.32 Å². The zero-order chi connectivity index (χ0) is 12.8. The van der Waals surface area contributed by atoms with Gasteiger partial charge in [0.1, 0.15) is 5.82 Å². The lowest BCUT2D eigenvalue weighted by atomic mass is 9.94. The molecule has 3 heterocycles. The van der Waals surface area contributed by atoms with Gasteiger partial charge in [0.05, 0.1) is 5.69 Å². The Kier molecular flexibility index (Phi) is 2.34. The van der Waals surface area contributed by atoms with E-state index in [1.165, 1.54) is 24.8 Å². The van der Waals surface area contributed by atoms with E-state index in [1.54, 1.807) is 0 Å². The summed E-state index contributed by atoms with van der Waals surface area (Å²) in [6.45, 7) is 2.01. The van der Waals surface area contributed by atoms with Crippen LogP contribution in [0.3, 0.4) is 0 Å². The van der Waals surface area contributed by atoms with Gasteiger partial charge >= 0.3 is 0 Å². The maximum Gasteiger partial charge on any atom is 0.130 e. The number of anilines is 1. The molecule has 0 amide bonds. The lowest BCUT2D eigenvalue weighted by molar-refractivity contribution is 0.670. The first-order valence-corrected chi connectivity index (χ1v) is 7.00. The van der Waals surface area contributed by atoms with E-state index >= 15 is 0 Å². The molecule has 1 fully saturated rings. The van der Waals surface area contributed by atoms with Gasteiger partial charge in [0, 0.05) is 23.5 Å². The topological polar surface area (TPSA) is 37.8 Å². The fraction of sp³-hybridized carbons (Fsp3) is 0.375. The van der Waals surface area contributed by atoms with Crippen LogP contribution in [0, 0.1) is 6.92 Å². The third-order valence-electron chi connectivity index (χ3n) is 4.33. The summed E-state index contributed by atoms with van der Waals surface area (Å²) in [6.07, 6.45) is 5.72. The number of hydrogen-bond acceptors (Lipinski definition) is 3. The van der Waals surface area contributed by atoms with Crippen molar-refractivity contribution in [3.05, 3.63) is 41.7 Å². The van der Waals surface area contributed by atoms with Crippen molar-refractivity contribution in [1.29, 1.82) is 0 Å². The van der Waals surface area contributed by atoms with E-state index in [9.17, 15) is 0 Å². The van der Waals surface area contributed by atoms with Crippen LogP contribution in [0.2, 0.25) is 0 Å². The third kappa shape index (κ3) is 1.81. The Morgan fingerprint density at radius 2 is 2.16 bits per heavy atom. The van der Waals surface area contributed by atoms with E-state index in [1.807, 2.05) is 19.2 Å². The van der Waals surface area contributed by atoms with Crippen molar-refractivity contribution < 1.29 is 0 Å². The fourth-order valence-electron chi connectivity index (χ4n) is 3.37. The summed E-state index contributed by atoms with van der Waals surface area (Å²) in [5.74, 6) is 1.83. The minimum Gasteiger partial charge on any atom is -0.367 e. The summed E-state index contributed by atoms with van der Waals surface area (Å²) in [6, 6.07) is 9.16. The van der Waals surface area contributed by atoms with Gasteiger partial charge in [-0.25, -0.2) is 4.98 Å². The van der Waals surface area contributed by atoms with Crippen LogP contribution < -0.4 is 5.32 Å². The minimum atomic E-state index is 0.638. The van der Waals surface area contributed by atoms with Gasteiger partial charge in [-0.15, -0.1) is 0 Å². The van der Waals surface area contributed by atoms with Crippen LogP contribution in [0.5, 0.6) is 0 Å². The average molecular weight is 251 g/mol. The van der Waals surface area contributed by atoms with E-state index < -0.39 is 0 Å². The van der Waals surface area contributed by atoms with Gasteiger partial charge in [-0.1, -0.05) is 6.07 Å². The van der Waals surface area contributed by atoms with Crippen LogP contribution >= 0.6 is 0 Å². The molecule has 2 aromatic rings. The lowest BCUT2D eigenvalue weighted by Gasteiger charge is -2.24. The summed E-state index contributed by atoms with van der Waals surface area (Å²) >= 11 is 0. The molecule has 96 valence electrons. The number of rotatable bonds is 1. The number of pyridine rings is 2. The Hall–Kier alpha value is -1.90. The number of aromatic nitrogens is 2. The van der Waals surface area contributed by atoms with Crippen molar-refractivity contribution in [3.8, 4) is 11.3 Å². The molecule has 3 heteroatoms. The van der Waals surface area contributed by atoms with Crippen molar-refractivity contribution >= 4 is 5.82 Å². The molecule has 2 aromatic heterocycles. The Labute approximate surface area is 113 Å². The first-order valence-electron chi connectivity index (χ1n) is 7.00. The van der Waals surface area contributed by atoms with E-state index in [4.69, 9.17) is 4.98 Å². The Balaban J connectivity index is 1.78. The van der Waals surface area contributed by atoms with Gasteiger partial charge < -0.3 is 5.32 Å². The van der Waals surface area contributed by atoms with Gasteiger partial charge in [-0.3, -0.25) is 4.98 Å². The molecule has 4 rings (SSSR count). The van der Waals surface area contributed by atoms with Crippen molar-refractivity contribution in [1.82, 2.24) is 9.97 Å². The van der Waals surface area contributed by atoms with Crippen LogP contribution in [0.25, 0.3) is 11.3 Å². The van der Waals surface area contributed by atoms with Gasteiger partial charge in [0.25, 0.3) is 0 Å². The Morgan fingerprint density at radius 3 is 3.05 bits per heavy atom.